The fraction of sp³-hybridized carbons (Fsp3) is 0.250. The van der Waals surface area contributed by atoms with Crippen LogP contribution in [0.4, 0.5) is 0 Å². The Morgan fingerprint density at radius 1 is 1.12 bits per heavy atom. The maximum atomic E-state index is 12.2. The van der Waals surface area contributed by atoms with E-state index in [0.717, 1.165) is 33.1 Å². The number of carbonyl (C=O) groups excluding carboxylic acids is 2. The molecule has 0 atom stereocenters. The number of aryl methyl sites for hydroxylation is 1. The molecule has 1 aromatic carbocycles. The second-order valence-corrected chi connectivity index (χ2v) is 9.20. The number of aromatic nitrogens is 3. The third-order valence-electron chi connectivity index (χ3n) is 5.18. The molecule has 0 radical (unpaired) electrons. The summed E-state index contributed by atoms with van der Waals surface area (Å²) in [6.07, 6.45) is 0.0401. The number of thiophene rings is 1. The smallest absolute Gasteiger partial charge is 0.312 e. The van der Waals surface area contributed by atoms with Gasteiger partial charge in [0.15, 0.2) is 6.61 Å². The highest BCUT2D eigenvalue weighted by molar-refractivity contribution is 7.14. The van der Waals surface area contributed by atoms with Crippen LogP contribution in [0.1, 0.15) is 28.2 Å². The molecule has 9 heteroatoms. The van der Waals surface area contributed by atoms with Crippen LogP contribution >= 0.6 is 22.7 Å². The molecule has 3 heterocycles. The maximum Gasteiger partial charge on any atom is 0.312 e. The van der Waals surface area contributed by atoms with Crippen LogP contribution in [-0.4, -0.2) is 33.2 Å². The summed E-state index contributed by atoms with van der Waals surface area (Å²) in [5, 5.41) is 14.1. The Morgan fingerprint density at radius 2 is 1.94 bits per heavy atom. The molecule has 0 fully saturated rings. The molecule has 0 saturated heterocycles. The van der Waals surface area contributed by atoms with Gasteiger partial charge in [-0.25, -0.2) is 4.98 Å². The number of hydrogen-bond donors (Lipinski definition) is 1. The van der Waals surface area contributed by atoms with Crippen molar-refractivity contribution in [2.75, 3.05) is 6.61 Å². The first-order valence-electron chi connectivity index (χ1n) is 10.5. The number of ether oxygens (including phenoxy) is 1. The van der Waals surface area contributed by atoms with Gasteiger partial charge in [-0.3, -0.25) is 14.3 Å². The monoisotopic (exact) mass is 480 g/mol. The van der Waals surface area contributed by atoms with Crippen molar-refractivity contribution in [2.45, 2.75) is 33.4 Å². The third kappa shape index (κ3) is 5.94. The van der Waals surface area contributed by atoms with Crippen LogP contribution in [0.2, 0.25) is 0 Å². The molecular weight excluding hydrogens is 456 g/mol. The SMILES string of the molecule is Cc1nn(Cc2ccccc2)c(C)c1CNC(=O)COC(=O)Cc1csc(-c2ccsc2)n1. The highest BCUT2D eigenvalue weighted by Gasteiger charge is 2.15. The Balaban J connectivity index is 1.24. The van der Waals surface area contributed by atoms with E-state index in [1.807, 2.05) is 58.9 Å². The average molecular weight is 481 g/mol. The van der Waals surface area contributed by atoms with Crippen molar-refractivity contribution in [1.82, 2.24) is 20.1 Å². The van der Waals surface area contributed by atoms with Crippen molar-refractivity contribution in [2.24, 2.45) is 0 Å². The van der Waals surface area contributed by atoms with Gasteiger partial charge in [-0.1, -0.05) is 30.3 Å². The van der Waals surface area contributed by atoms with Gasteiger partial charge >= 0.3 is 5.97 Å². The van der Waals surface area contributed by atoms with Gasteiger partial charge in [-0.2, -0.15) is 16.4 Å². The van der Waals surface area contributed by atoms with Crippen molar-refractivity contribution in [1.29, 1.82) is 0 Å². The van der Waals surface area contributed by atoms with Crippen LogP contribution in [0.3, 0.4) is 0 Å². The van der Waals surface area contributed by atoms with Crippen LogP contribution in [0.25, 0.3) is 10.6 Å². The predicted molar refractivity (Wildman–Crippen MR) is 129 cm³/mol. The summed E-state index contributed by atoms with van der Waals surface area (Å²) in [6, 6.07) is 12.1. The minimum atomic E-state index is -0.477. The Bertz CT molecular complexity index is 1230. The lowest BCUT2D eigenvalue weighted by molar-refractivity contribution is -0.147. The Morgan fingerprint density at radius 3 is 2.70 bits per heavy atom. The molecule has 170 valence electrons. The van der Waals surface area contributed by atoms with Gasteiger partial charge in [0.1, 0.15) is 5.01 Å². The highest BCUT2D eigenvalue weighted by Crippen LogP contribution is 2.25. The number of amides is 1. The number of nitrogens with zero attached hydrogens (tertiary/aromatic N) is 3. The van der Waals surface area contributed by atoms with Crippen molar-refractivity contribution in [3.8, 4) is 10.6 Å². The number of benzene rings is 1. The summed E-state index contributed by atoms with van der Waals surface area (Å²) in [5.74, 6) is -0.828. The second-order valence-electron chi connectivity index (χ2n) is 7.56. The van der Waals surface area contributed by atoms with Gasteiger partial charge in [0.05, 0.1) is 24.4 Å². The third-order valence-corrected chi connectivity index (χ3v) is 6.80. The van der Waals surface area contributed by atoms with E-state index in [1.165, 1.54) is 11.3 Å². The van der Waals surface area contributed by atoms with Crippen molar-refractivity contribution in [3.05, 3.63) is 80.7 Å². The molecule has 0 aliphatic rings. The van der Waals surface area contributed by atoms with Crippen LogP contribution in [0.5, 0.6) is 0 Å². The summed E-state index contributed by atoms with van der Waals surface area (Å²) in [5.41, 5.74) is 5.68. The van der Waals surface area contributed by atoms with Gasteiger partial charge < -0.3 is 10.1 Å². The van der Waals surface area contributed by atoms with Crippen LogP contribution in [0.15, 0.2) is 52.5 Å². The molecule has 0 unspecified atom stereocenters. The minimum Gasteiger partial charge on any atom is -0.455 e. The number of nitrogens with one attached hydrogen (secondary N) is 1. The van der Waals surface area contributed by atoms with E-state index in [-0.39, 0.29) is 18.9 Å². The Kier molecular flexibility index (Phi) is 7.31. The zero-order valence-corrected chi connectivity index (χ0v) is 20.0. The fourth-order valence-corrected chi connectivity index (χ4v) is 4.92. The lowest BCUT2D eigenvalue weighted by atomic mass is 10.2. The van der Waals surface area contributed by atoms with Gasteiger partial charge in [-0.15, -0.1) is 11.3 Å². The van der Waals surface area contributed by atoms with Crippen molar-refractivity contribution >= 4 is 34.6 Å². The van der Waals surface area contributed by atoms with E-state index in [0.29, 0.717) is 18.8 Å². The van der Waals surface area contributed by atoms with Gasteiger partial charge in [-0.05, 0) is 30.9 Å². The van der Waals surface area contributed by atoms with Gasteiger partial charge in [0, 0.05) is 34.1 Å². The lowest BCUT2D eigenvalue weighted by Crippen LogP contribution is -2.29. The second kappa shape index (κ2) is 10.5. The normalized spacial score (nSPS) is 10.8. The molecule has 7 nitrogen and oxygen atoms in total. The minimum absolute atomic E-state index is 0.0401. The number of rotatable bonds is 9. The summed E-state index contributed by atoms with van der Waals surface area (Å²) < 4.78 is 7.07. The lowest BCUT2D eigenvalue weighted by Gasteiger charge is -2.08. The van der Waals surface area contributed by atoms with Gasteiger partial charge in [0.25, 0.3) is 5.91 Å². The predicted octanol–water partition coefficient (Wildman–Crippen LogP) is 4.14. The molecule has 0 bridgehead atoms. The van der Waals surface area contributed by atoms with Crippen molar-refractivity contribution in [3.63, 3.8) is 0 Å². The van der Waals surface area contributed by atoms with Crippen molar-refractivity contribution < 1.29 is 14.3 Å². The standard InChI is InChI=1S/C24H24N4O3S2/c1-16-21(17(2)28(27-16)12-18-6-4-3-5-7-18)11-25-22(29)13-31-23(30)10-20-15-33-24(26-20)19-8-9-32-14-19/h3-9,14-15H,10-13H2,1-2H3,(H,25,29). The van der Waals surface area contributed by atoms with E-state index in [9.17, 15) is 9.59 Å². The number of esters is 1. The summed E-state index contributed by atoms with van der Waals surface area (Å²) in [6.45, 7) is 4.59. The topological polar surface area (TPSA) is 86.1 Å². The molecular formula is C24H24N4O3S2. The summed E-state index contributed by atoms with van der Waals surface area (Å²) >= 11 is 3.09. The van der Waals surface area contributed by atoms with E-state index >= 15 is 0 Å². The molecule has 0 aliphatic carbocycles. The average Bonchev–Trinajstić information content (AvgIpc) is 3.54. The van der Waals surface area contributed by atoms with E-state index in [2.05, 4.69) is 27.5 Å². The Labute approximate surface area is 200 Å². The quantitative estimate of drug-likeness (QED) is 0.364. The van der Waals surface area contributed by atoms with E-state index in [1.54, 1.807) is 11.3 Å². The summed E-state index contributed by atoms with van der Waals surface area (Å²) in [7, 11) is 0. The number of carbonyl (C=O) groups is 2. The molecule has 1 N–H and O–H groups in total. The van der Waals surface area contributed by atoms with Crippen LogP contribution < -0.4 is 5.32 Å². The van der Waals surface area contributed by atoms with Gasteiger partial charge in [0.2, 0.25) is 0 Å². The van der Waals surface area contributed by atoms with E-state index in [4.69, 9.17) is 4.74 Å². The Hall–Kier alpha value is -3.30. The summed E-state index contributed by atoms with van der Waals surface area (Å²) in [4.78, 5) is 28.8. The molecule has 0 spiro atoms. The zero-order chi connectivity index (χ0) is 23.2. The molecule has 33 heavy (non-hydrogen) atoms. The fourth-order valence-electron chi connectivity index (χ4n) is 3.39. The molecule has 4 aromatic rings. The molecule has 1 amide bonds. The maximum absolute atomic E-state index is 12.2. The molecule has 4 rings (SSSR count). The first-order valence-corrected chi connectivity index (χ1v) is 12.3. The number of thiazole rings is 1. The van der Waals surface area contributed by atoms with Crippen LogP contribution in [-0.2, 0) is 33.8 Å². The van der Waals surface area contributed by atoms with Crippen LogP contribution in [0, 0.1) is 13.8 Å². The first-order chi connectivity index (χ1) is 16.0. The molecule has 3 aromatic heterocycles. The molecule has 0 aliphatic heterocycles. The number of hydrogen-bond acceptors (Lipinski definition) is 7. The molecule has 0 saturated carbocycles. The first kappa shape index (κ1) is 22.9. The van der Waals surface area contributed by atoms with E-state index < -0.39 is 5.97 Å². The zero-order valence-electron chi connectivity index (χ0n) is 18.4. The highest BCUT2D eigenvalue weighted by atomic mass is 32.1. The largest absolute Gasteiger partial charge is 0.455 e.